The minimum Gasteiger partial charge on any atom is -1.00 e. The van der Waals surface area contributed by atoms with Gasteiger partial charge in [-0.05, 0) is 25.3 Å². The van der Waals surface area contributed by atoms with E-state index in [2.05, 4.69) is 11.5 Å². The molecule has 1 atom stereocenters. The average Bonchev–Trinajstić information content (AvgIpc) is 2.28. The van der Waals surface area contributed by atoms with Gasteiger partial charge < -0.3 is 12.4 Å². The standard InChI is InChI=1S/C9H16N2.ClH/c1-3-7-10-11-8-4-2-6-9(11)5-1;/h6,10H,1-5,7-8H2;1H. The highest BCUT2D eigenvalue weighted by Crippen LogP contribution is 2.07. The molecule has 0 aliphatic carbocycles. The van der Waals surface area contributed by atoms with Crippen molar-refractivity contribution in [2.24, 2.45) is 0 Å². The lowest BCUT2D eigenvalue weighted by atomic mass is 10.1. The Hall–Kier alpha value is -0.0500. The molecule has 3 heteroatoms. The zero-order valence-corrected chi connectivity index (χ0v) is 8.16. The van der Waals surface area contributed by atoms with Crippen molar-refractivity contribution in [3.63, 3.8) is 0 Å². The third-order valence-electron chi connectivity index (χ3n) is 2.62. The second-order valence-corrected chi connectivity index (χ2v) is 3.48. The van der Waals surface area contributed by atoms with Gasteiger partial charge in [-0.15, -0.1) is 0 Å². The molecule has 2 heterocycles. The van der Waals surface area contributed by atoms with Crippen LogP contribution in [-0.4, -0.2) is 13.1 Å². The highest BCUT2D eigenvalue weighted by atomic mass is 35.5. The predicted molar refractivity (Wildman–Crippen MR) is 45.0 cm³/mol. The molecule has 0 aromatic rings. The van der Waals surface area contributed by atoms with Gasteiger partial charge in [-0.3, -0.25) is 0 Å². The summed E-state index contributed by atoms with van der Waals surface area (Å²) in [6.07, 6.45) is 9.13. The maximum Gasteiger partial charge on any atom is 0.122 e. The van der Waals surface area contributed by atoms with E-state index in [4.69, 9.17) is 0 Å². The minimum absolute atomic E-state index is 0. The fraction of sp³-hybridized carbons (Fsp3) is 0.778. The van der Waals surface area contributed by atoms with Crippen molar-refractivity contribution in [2.75, 3.05) is 13.1 Å². The van der Waals surface area contributed by atoms with E-state index >= 15 is 0 Å². The van der Waals surface area contributed by atoms with Crippen molar-refractivity contribution in [3.05, 3.63) is 11.8 Å². The Morgan fingerprint density at radius 3 is 3.08 bits per heavy atom. The molecule has 0 bridgehead atoms. The summed E-state index contributed by atoms with van der Waals surface area (Å²) in [5.74, 6) is 0. The Balaban J connectivity index is 0.000000720. The molecule has 0 amide bonds. The van der Waals surface area contributed by atoms with Crippen LogP contribution in [0.5, 0.6) is 0 Å². The third kappa shape index (κ3) is 2.22. The fourth-order valence-electron chi connectivity index (χ4n) is 1.97. The first kappa shape index (κ1) is 10.0. The number of allylic oxidation sites excluding steroid dienone is 2. The summed E-state index contributed by atoms with van der Waals surface area (Å²) in [7, 11) is 0. The molecule has 0 spiro atoms. The van der Waals surface area contributed by atoms with Crippen LogP contribution in [0.2, 0.25) is 0 Å². The first-order valence-corrected chi connectivity index (χ1v) is 4.76. The molecule has 0 radical (unpaired) electrons. The number of hydrogen-bond donors (Lipinski definition) is 2. The van der Waals surface area contributed by atoms with Crippen molar-refractivity contribution in [2.45, 2.75) is 32.1 Å². The molecule has 12 heavy (non-hydrogen) atoms. The topological polar surface area (TPSA) is 16.5 Å². The monoisotopic (exact) mass is 188 g/mol. The van der Waals surface area contributed by atoms with E-state index in [0.29, 0.717) is 0 Å². The van der Waals surface area contributed by atoms with Crippen LogP contribution < -0.4 is 22.8 Å². The average molecular weight is 189 g/mol. The van der Waals surface area contributed by atoms with Gasteiger partial charge in [0.15, 0.2) is 0 Å². The van der Waals surface area contributed by atoms with Crippen molar-refractivity contribution in [3.8, 4) is 0 Å². The van der Waals surface area contributed by atoms with Crippen LogP contribution in [0.15, 0.2) is 11.8 Å². The largest absolute Gasteiger partial charge is 1.00 e. The van der Waals surface area contributed by atoms with Gasteiger partial charge in [-0.2, -0.15) is 5.43 Å². The van der Waals surface area contributed by atoms with Crippen LogP contribution in [0.25, 0.3) is 0 Å². The van der Waals surface area contributed by atoms with Gasteiger partial charge in [0, 0.05) is 19.4 Å². The maximum absolute atomic E-state index is 3.53. The summed E-state index contributed by atoms with van der Waals surface area (Å²) in [4.78, 5) is 0. The molecule has 0 aromatic carbocycles. The van der Waals surface area contributed by atoms with Gasteiger partial charge in [0.25, 0.3) is 0 Å². The smallest absolute Gasteiger partial charge is 0.122 e. The zero-order valence-electron chi connectivity index (χ0n) is 7.41. The number of fused-ring (bicyclic) bond motifs is 1. The van der Waals surface area contributed by atoms with Crippen LogP contribution in [0.1, 0.15) is 32.1 Å². The molecule has 2 aliphatic rings. The molecule has 2 rings (SSSR count). The molecule has 2 nitrogen and oxygen atoms in total. The minimum atomic E-state index is 0. The summed E-state index contributed by atoms with van der Waals surface area (Å²) in [5, 5.41) is 1.55. The molecule has 70 valence electrons. The Labute approximate surface area is 80.4 Å². The van der Waals surface area contributed by atoms with Gasteiger partial charge in [-0.1, -0.05) is 0 Å². The molecular weight excluding hydrogens is 172 g/mol. The lowest BCUT2D eigenvalue weighted by Crippen LogP contribution is -3.17. The molecule has 0 aromatic heterocycles. The Bertz CT molecular complexity index is 168. The number of halogens is 1. The lowest BCUT2D eigenvalue weighted by molar-refractivity contribution is -0.910. The number of hydrogen-bond acceptors (Lipinski definition) is 1. The Morgan fingerprint density at radius 2 is 2.17 bits per heavy atom. The zero-order chi connectivity index (χ0) is 7.52. The summed E-state index contributed by atoms with van der Waals surface area (Å²) >= 11 is 0. The van der Waals surface area contributed by atoms with Gasteiger partial charge in [0.1, 0.15) is 5.70 Å². The third-order valence-corrected chi connectivity index (χ3v) is 2.62. The van der Waals surface area contributed by atoms with Crippen molar-refractivity contribution in [1.82, 2.24) is 5.43 Å². The molecule has 1 unspecified atom stereocenters. The SMILES string of the molecule is C1=C2CCCCN[NH+]2CCC1.[Cl-]. The highest BCUT2D eigenvalue weighted by Gasteiger charge is 2.20. The summed E-state index contributed by atoms with van der Waals surface area (Å²) in [5.41, 5.74) is 5.15. The van der Waals surface area contributed by atoms with E-state index in [9.17, 15) is 0 Å². The van der Waals surface area contributed by atoms with E-state index in [-0.39, 0.29) is 12.4 Å². The van der Waals surface area contributed by atoms with Gasteiger partial charge in [0.2, 0.25) is 0 Å². The molecule has 2 N–H and O–H groups in total. The van der Waals surface area contributed by atoms with Crippen molar-refractivity contribution < 1.29 is 17.4 Å². The Morgan fingerprint density at radius 1 is 1.25 bits per heavy atom. The summed E-state index contributed by atoms with van der Waals surface area (Å²) in [6.45, 7) is 2.50. The summed E-state index contributed by atoms with van der Waals surface area (Å²) < 4.78 is 0. The lowest BCUT2D eigenvalue weighted by Gasteiger charge is -2.22. The number of quaternary nitrogens is 1. The van der Waals surface area contributed by atoms with Gasteiger partial charge in [-0.25, -0.2) is 5.01 Å². The number of rotatable bonds is 0. The molecule has 1 saturated heterocycles. The van der Waals surface area contributed by atoms with Crippen LogP contribution >= 0.6 is 0 Å². The first-order chi connectivity index (χ1) is 5.47. The molecule has 2 aliphatic heterocycles. The van der Waals surface area contributed by atoms with Gasteiger partial charge in [0.05, 0.1) is 6.54 Å². The van der Waals surface area contributed by atoms with Gasteiger partial charge >= 0.3 is 0 Å². The van der Waals surface area contributed by atoms with Crippen molar-refractivity contribution in [1.29, 1.82) is 0 Å². The van der Waals surface area contributed by atoms with Crippen LogP contribution in [0.3, 0.4) is 0 Å². The predicted octanol–water partition coefficient (Wildman–Crippen LogP) is -2.76. The van der Waals surface area contributed by atoms with Crippen molar-refractivity contribution >= 4 is 0 Å². The first-order valence-electron chi connectivity index (χ1n) is 4.76. The van der Waals surface area contributed by atoms with Crippen LogP contribution in [0.4, 0.5) is 0 Å². The van der Waals surface area contributed by atoms with E-state index in [1.54, 1.807) is 10.7 Å². The van der Waals surface area contributed by atoms with Crippen LogP contribution in [0, 0.1) is 0 Å². The second kappa shape index (κ2) is 4.85. The van der Waals surface area contributed by atoms with E-state index in [1.807, 2.05) is 0 Å². The normalized spacial score (nSPS) is 29.3. The van der Waals surface area contributed by atoms with E-state index in [0.717, 1.165) is 0 Å². The van der Waals surface area contributed by atoms with Crippen LogP contribution in [-0.2, 0) is 0 Å². The molecular formula is C9H17ClN2. The number of nitrogens with one attached hydrogen (secondary N) is 2. The van der Waals surface area contributed by atoms with E-state index in [1.165, 1.54) is 45.2 Å². The molecule has 0 saturated carbocycles. The maximum atomic E-state index is 3.53. The summed E-state index contributed by atoms with van der Waals surface area (Å²) in [6, 6.07) is 0. The Kier molecular flexibility index (Phi) is 4.06. The fourth-order valence-corrected chi connectivity index (χ4v) is 1.97. The molecule has 1 fully saturated rings. The highest BCUT2D eigenvalue weighted by molar-refractivity contribution is 4.93. The second-order valence-electron chi connectivity index (χ2n) is 3.48. The quantitative estimate of drug-likeness (QED) is 0.421. The van der Waals surface area contributed by atoms with E-state index < -0.39 is 0 Å².